The molecule has 5 aromatic rings. The third kappa shape index (κ3) is 3.13. The Morgan fingerprint density at radius 2 is 2.00 bits per heavy atom. The highest BCUT2D eigenvalue weighted by molar-refractivity contribution is 5.89. The molecular formula is C25H22FN5O. The fraction of sp³-hybridized carbons (Fsp3) is 0.200. The maximum absolute atomic E-state index is 13.6. The predicted octanol–water partition coefficient (Wildman–Crippen LogP) is 5.00. The normalized spacial score (nSPS) is 15.9. The highest BCUT2D eigenvalue weighted by Gasteiger charge is 2.27. The number of aromatic nitrogens is 5. The lowest BCUT2D eigenvalue weighted by Gasteiger charge is -2.25. The van der Waals surface area contributed by atoms with Gasteiger partial charge in [-0.2, -0.15) is 5.10 Å². The van der Waals surface area contributed by atoms with E-state index in [9.17, 15) is 4.39 Å². The molecule has 0 radical (unpaired) electrons. The fourth-order valence-corrected chi connectivity index (χ4v) is 4.47. The lowest BCUT2D eigenvalue weighted by atomic mass is 10.0. The van der Waals surface area contributed by atoms with Crippen molar-refractivity contribution < 1.29 is 9.13 Å². The van der Waals surface area contributed by atoms with Gasteiger partial charge < -0.3 is 14.3 Å². The Balaban J connectivity index is 1.39. The summed E-state index contributed by atoms with van der Waals surface area (Å²) in [6.45, 7) is 3.23. The molecule has 0 saturated heterocycles. The molecule has 2 aromatic carbocycles. The Bertz CT molecular complexity index is 1460. The highest BCUT2D eigenvalue weighted by atomic mass is 19.1. The van der Waals surface area contributed by atoms with E-state index in [-0.39, 0.29) is 11.9 Å². The molecule has 0 fully saturated rings. The molecule has 32 heavy (non-hydrogen) atoms. The predicted molar refractivity (Wildman–Crippen MR) is 121 cm³/mol. The number of fused-ring (bicyclic) bond motifs is 2. The van der Waals surface area contributed by atoms with Crippen molar-refractivity contribution in [2.24, 2.45) is 7.05 Å². The number of ether oxygens (including phenoxy) is 1. The largest absolute Gasteiger partial charge is 0.364 e. The van der Waals surface area contributed by atoms with Crippen LogP contribution in [0.25, 0.3) is 33.4 Å². The molecule has 0 aliphatic carbocycles. The van der Waals surface area contributed by atoms with E-state index in [4.69, 9.17) is 9.72 Å². The topological polar surface area (TPSA) is 60.7 Å². The molecule has 0 amide bonds. The summed E-state index contributed by atoms with van der Waals surface area (Å²) in [5, 5.41) is 5.39. The Kier molecular flexibility index (Phi) is 4.26. The molecule has 1 aliphatic heterocycles. The van der Waals surface area contributed by atoms with Crippen LogP contribution >= 0.6 is 0 Å². The van der Waals surface area contributed by atoms with E-state index in [0.29, 0.717) is 6.61 Å². The van der Waals surface area contributed by atoms with Gasteiger partial charge in [0.2, 0.25) is 0 Å². The molecule has 6 rings (SSSR count). The molecule has 0 spiro atoms. The van der Waals surface area contributed by atoms with Gasteiger partial charge in [0.15, 0.2) is 0 Å². The van der Waals surface area contributed by atoms with E-state index in [1.807, 2.05) is 26.4 Å². The van der Waals surface area contributed by atoms with Crippen LogP contribution in [0, 0.1) is 12.7 Å². The number of rotatable bonds is 3. The van der Waals surface area contributed by atoms with Crippen LogP contribution in [-0.2, 0) is 18.3 Å². The minimum Gasteiger partial charge on any atom is -0.364 e. The van der Waals surface area contributed by atoms with Crippen molar-refractivity contribution in [2.75, 3.05) is 6.61 Å². The Morgan fingerprint density at radius 3 is 2.81 bits per heavy atom. The van der Waals surface area contributed by atoms with Crippen molar-refractivity contribution in [2.45, 2.75) is 19.6 Å². The molecule has 0 saturated carbocycles. The zero-order chi connectivity index (χ0) is 21.8. The molecule has 6 nitrogen and oxygen atoms in total. The second kappa shape index (κ2) is 7.17. The van der Waals surface area contributed by atoms with Crippen LogP contribution in [-0.4, -0.2) is 30.9 Å². The van der Waals surface area contributed by atoms with Gasteiger partial charge in [0.1, 0.15) is 23.4 Å². The molecule has 0 bridgehead atoms. The maximum atomic E-state index is 13.6. The van der Waals surface area contributed by atoms with Crippen molar-refractivity contribution in [3.63, 3.8) is 0 Å². The monoisotopic (exact) mass is 427 g/mol. The number of nitrogens with zero attached hydrogens (tertiary/aromatic N) is 4. The lowest BCUT2D eigenvalue weighted by molar-refractivity contribution is 0.0426. The first-order valence-corrected chi connectivity index (χ1v) is 10.6. The molecule has 4 heterocycles. The first-order valence-electron chi connectivity index (χ1n) is 10.6. The van der Waals surface area contributed by atoms with Crippen LogP contribution in [0.15, 0.2) is 61.1 Å². The van der Waals surface area contributed by atoms with Crippen LogP contribution in [0.1, 0.15) is 23.1 Å². The average molecular weight is 427 g/mol. The van der Waals surface area contributed by atoms with Gasteiger partial charge in [-0.15, -0.1) is 0 Å². The second-order valence-electron chi connectivity index (χ2n) is 8.32. The zero-order valence-electron chi connectivity index (χ0n) is 17.8. The molecule has 3 aromatic heterocycles. The summed E-state index contributed by atoms with van der Waals surface area (Å²) in [6.07, 6.45) is 5.64. The number of benzene rings is 2. The molecule has 1 atom stereocenters. The lowest BCUT2D eigenvalue weighted by Crippen LogP contribution is -2.23. The SMILES string of the molecule is Cc1cc(F)ccc1C1OCCn2cc(-c3cc4cc(-c5cnn(C)c5)ccc4[nH]3)nc21. The van der Waals surface area contributed by atoms with Crippen molar-refractivity contribution in [3.05, 3.63) is 83.8 Å². The number of aromatic amines is 1. The van der Waals surface area contributed by atoms with E-state index in [0.717, 1.165) is 56.9 Å². The van der Waals surface area contributed by atoms with Gasteiger partial charge in [-0.1, -0.05) is 12.1 Å². The van der Waals surface area contributed by atoms with Crippen LogP contribution < -0.4 is 0 Å². The van der Waals surface area contributed by atoms with Gasteiger partial charge in [-0.25, -0.2) is 9.37 Å². The number of imidazole rings is 1. The van der Waals surface area contributed by atoms with Crippen LogP contribution in [0.2, 0.25) is 0 Å². The minimum absolute atomic E-state index is 0.241. The van der Waals surface area contributed by atoms with Crippen LogP contribution in [0.4, 0.5) is 4.39 Å². The highest BCUT2D eigenvalue weighted by Crippen LogP contribution is 2.34. The van der Waals surface area contributed by atoms with Crippen molar-refractivity contribution >= 4 is 10.9 Å². The number of hydrogen-bond acceptors (Lipinski definition) is 3. The smallest absolute Gasteiger partial charge is 0.143 e. The number of hydrogen-bond donors (Lipinski definition) is 1. The number of H-pyrrole nitrogens is 1. The Hall–Kier alpha value is -3.71. The zero-order valence-corrected chi connectivity index (χ0v) is 17.8. The number of aryl methyl sites for hydroxylation is 2. The molecule has 160 valence electrons. The van der Waals surface area contributed by atoms with Gasteiger partial charge in [0.05, 0.1) is 18.5 Å². The summed E-state index contributed by atoms with van der Waals surface area (Å²) in [6, 6.07) is 13.3. The summed E-state index contributed by atoms with van der Waals surface area (Å²) in [7, 11) is 1.92. The quantitative estimate of drug-likeness (QED) is 0.441. The average Bonchev–Trinajstić information content (AvgIpc) is 3.50. The van der Waals surface area contributed by atoms with Gasteiger partial charge >= 0.3 is 0 Å². The van der Waals surface area contributed by atoms with Gasteiger partial charge in [0, 0.05) is 42.5 Å². The summed E-state index contributed by atoms with van der Waals surface area (Å²) in [5.74, 6) is 0.602. The summed E-state index contributed by atoms with van der Waals surface area (Å²) < 4.78 is 23.6. The van der Waals surface area contributed by atoms with E-state index in [2.05, 4.69) is 45.1 Å². The number of halogens is 1. The van der Waals surface area contributed by atoms with E-state index < -0.39 is 0 Å². The van der Waals surface area contributed by atoms with Gasteiger partial charge in [-0.05, 0) is 53.9 Å². The van der Waals surface area contributed by atoms with E-state index in [1.54, 1.807) is 16.8 Å². The van der Waals surface area contributed by atoms with Crippen molar-refractivity contribution in [1.29, 1.82) is 0 Å². The summed E-state index contributed by atoms with van der Waals surface area (Å²) in [5.41, 5.74) is 6.91. The Labute approximate surface area is 184 Å². The molecule has 7 heteroatoms. The minimum atomic E-state index is -0.306. The molecular weight excluding hydrogens is 405 g/mol. The fourth-order valence-electron chi connectivity index (χ4n) is 4.47. The van der Waals surface area contributed by atoms with Crippen molar-refractivity contribution in [1.82, 2.24) is 24.3 Å². The first-order chi connectivity index (χ1) is 15.5. The first kappa shape index (κ1) is 19.0. The summed E-state index contributed by atoms with van der Waals surface area (Å²) >= 11 is 0. The van der Waals surface area contributed by atoms with Gasteiger partial charge in [0.25, 0.3) is 0 Å². The van der Waals surface area contributed by atoms with E-state index >= 15 is 0 Å². The Morgan fingerprint density at radius 1 is 1.09 bits per heavy atom. The summed E-state index contributed by atoms with van der Waals surface area (Å²) in [4.78, 5) is 8.41. The van der Waals surface area contributed by atoms with Gasteiger partial charge in [-0.3, -0.25) is 4.68 Å². The molecule has 1 aliphatic rings. The van der Waals surface area contributed by atoms with Crippen molar-refractivity contribution in [3.8, 4) is 22.5 Å². The third-order valence-corrected chi connectivity index (χ3v) is 6.11. The second-order valence-corrected chi connectivity index (χ2v) is 8.32. The number of nitrogens with one attached hydrogen (secondary N) is 1. The third-order valence-electron chi connectivity index (χ3n) is 6.11. The standard InChI is InChI=1S/C25H22FN5O/c1-15-9-19(26)4-5-20(15)24-25-29-23(14-31(25)7-8-32-24)22-11-17-10-16(3-6-21(17)28-22)18-12-27-30(2)13-18/h3-6,9-14,24,28H,7-8H2,1-2H3. The van der Waals surface area contributed by atoms with E-state index in [1.165, 1.54) is 6.07 Å². The van der Waals surface area contributed by atoms with Crippen LogP contribution in [0.3, 0.4) is 0 Å². The van der Waals surface area contributed by atoms with Crippen LogP contribution in [0.5, 0.6) is 0 Å². The maximum Gasteiger partial charge on any atom is 0.143 e. The molecule has 1 N–H and O–H groups in total. The molecule has 1 unspecified atom stereocenters.